The van der Waals surface area contributed by atoms with Gasteiger partial charge in [0.15, 0.2) is 0 Å². The van der Waals surface area contributed by atoms with Crippen molar-refractivity contribution in [1.29, 1.82) is 0 Å². The molecule has 0 unspecified atom stereocenters. The lowest BCUT2D eigenvalue weighted by Gasteiger charge is -2.02. The Kier molecular flexibility index (Phi) is 4.36. The van der Waals surface area contributed by atoms with Gasteiger partial charge < -0.3 is 0 Å². The zero-order valence-corrected chi connectivity index (χ0v) is 11.7. The molecule has 0 spiro atoms. The van der Waals surface area contributed by atoms with Gasteiger partial charge in [0.1, 0.15) is 16.8 Å². The molecule has 6 heteroatoms. The Labute approximate surface area is 116 Å². The molecule has 0 aliphatic rings. The zero-order valence-electron chi connectivity index (χ0n) is 8.53. The van der Waals surface area contributed by atoms with E-state index in [1.54, 1.807) is 12.3 Å². The van der Waals surface area contributed by atoms with Crippen molar-refractivity contribution in [3.8, 4) is 0 Å². The summed E-state index contributed by atoms with van der Waals surface area (Å²) in [4.78, 5) is 9.06. The summed E-state index contributed by atoms with van der Waals surface area (Å²) in [5.41, 5.74) is 0. The Balaban J connectivity index is 2.05. The van der Waals surface area contributed by atoms with Crippen LogP contribution in [0.4, 0.5) is 4.39 Å². The number of thioether (sulfide) groups is 1. The van der Waals surface area contributed by atoms with Crippen molar-refractivity contribution in [3.63, 3.8) is 0 Å². The molecule has 17 heavy (non-hydrogen) atoms. The molecule has 0 radical (unpaired) electrons. The molecule has 2 nitrogen and oxygen atoms in total. The van der Waals surface area contributed by atoms with Gasteiger partial charge in [-0.3, -0.25) is 0 Å². The normalized spacial score (nSPS) is 10.5. The molecule has 1 aromatic heterocycles. The van der Waals surface area contributed by atoms with Crippen molar-refractivity contribution in [2.24, 2.45) is 0 Å². The molecule has 1 aromatic carbocycles. The van der Waals surface area contributed by atoms with Crippen LogP contribution >= 0.6 is 39.3 Å². The first kappa shape index (κ1) is 12.8. The molecule has 2 rings (SSSR count). The van der Waals surface area contributed by atoms with Gasteiger partial charge in [-0.1, -0.05) is 17.7 Å². The highest BCUT2D eigenvalue weighted by molar-refractivity contribution is 9.10. The van der Waals surface area contributed by atoms with E-state index in [9.17, 15) is 4.39 Å². The molecule has 0 aliphatic carbocycles. The van der Waals surface area contributed by atoms with Gasteiger partial charge in [0, 0.05) is 11.1 Å². The molecule has 0 atom stereocenters. The topological polar surface area (TPSA) is 25.8 Å². The Morgan fingerprint density at radius 1 is 1.41 bits per heavy atom. The summed E-state index contributed by atoms with van der Waals surface area (Å²) in [6.07, 6.45) is 1.61. The first-order chi connectivity index (χ1) is 8.15. The van der Waals surface area contributed by atoms with Crippen LogP contribution < -0.4 is 0 Å². The highest BCUT2D eigenvalue weighted by atomic mass is 79.9. The molecule has 0 N–H and O–H groups in total. The minimum atomic E-state index is -0.246. The van der Waals surface area contributed by atoms with Crippen LogP contribution in [0.25, 0.3) is 0 Å². The van der Waals surface area contributed by atoms with E-state index in [0.29, 0.717) is 21.2 Å². The Morgan fingerprint density at radius 2 is 2.24 bits per heavy atom. The fourth-order valence-electron chi connectivity index (χ4n) is 1.15. The van der Waals surface area contributed by atoms with Gasteiger partial charge in [0.05, 0.1) is 10.2 Å². The van der Waals surface area contributed by atoms with Crippen LogP contribution in [0.3, 0.4) is 0 Å². The van der Waals surface area contributed by atoms with E-state index in [1.807, 2.05) is 6.07 Å². The molecule has 0 bridgehead atoms. The fourth-order valence-corrected chi connectivity index (χ4v) is 2.30. The Morgan fingerprint density at radius 3 is 2.94 bits per heavy atom. The maximum absolute atomic E-state index is 12.9. The third kappa shape index (κ3) is 3.66. The number of hydrogen-bond donors (Lipinski definition) is 0. The van der Waals surface area contributed by atoms with E-state index < -0.39 is 0 Å². The average molecular weight is 334 g/mol. The highest BCUT2D eigenvalue weighted by Crippen LogP contribution is 2.24. The minimum absolute atomic E-state index is 0.246. The van der Waals surface area contributed by atoms with Crippen LogP contribution in [0, 0.1) is 5.82 Å². The van der Waals surface area contributed by atoms with E-state index in [2.05, 4.69) is 25.9 Å². The zero-order chi connectivity index (χ0) is 12.3. The third-order valence-electron chi connectivity index (χ3n) is 1.92. The number of nitrogens with zero attached hydrogens (tertiary/aromatic N) is 2. The number of hydrogen-bond acceptors (Lipinski definition) is 3. The maximum Gasteiger partial charge on any atom is 0.146 e. The minimum Gasteiger partial charge on any atom is -0.239 e. The van der Waals surface area contributed by atoms with Crippen molar-refractivity contribution >= 4 is 39.3 Å². The summed E-state index contributed by atoms with van der Waals surface area (Å²) < 4.78 is 13.6. The Hall–Kier alpha value is -0.650. The summed E-state index contributed by atoms with van der Waals surface area (Å²) in [5, 5.41) is 0.384. The van der Waals surface area contributed by atoms with Crippen molar-refractivity contribution < 1.29 is 4.39 Å². The lowest BCUT2D eigenvalue weighted by atomic mass is 10.4. The molecule has 0 saturated heterocycles. The molecule has 1 heterocycles. The number of halogens is 3. The van der Waals surface area contributed by atoms with E-state index >= 15 is 0 Å². The molecule has 0 aliphatic heterocycles. The molecule has 0 saturated carbocycles. The van der Waals surface area contributed by atoms with Gasteiger partial charge in [0.2, 0.25) is 0 Å². The summed E-state index contributed by atoms with van der Waals surface area (Å²) in [6, 6.07) is 6.41. The van der Waals surface area contributed by atoms with Crippen LogP contribution in [0.5, 0.6) is 0 Å². The van der Waals surface area contributed by atoms with Gasteiger partial charge in [-0.2, -0.15) is 0 Å². The van der Waals surface area contributed by atoms with E-state index in [4.69, 9.17) is 11.6 Å². The van der Waals surface area contributed by atoms with Crippen LogP contribution in [0.1, 0.15) is 5.82 Å². The standard InChI is InChI=1S/C11H7BrClFN2S/c12-9-5-15-10(16-11(9)13)6-17-8-3-1-2-7(14)4-8/h1-5H,6H2. The first-order valence-electron chi connectivity index (χ1n) is 4.70. The largest absolute Gasteiger partial charge is 0.239 e. The van der Waals surface area contributed by atoms with E-state index in [-0.39, 0.29) is 5.82 Å². The molecule has 0 amide bonds. The summed E-state index contributed by atoms with van der Waals surface area (Å²) in [5.74, 6) is 0.924. The first-order valence-corrected chi connectivity index (χ1v) is 6.86. The summed E-state index contributed by atoms with van der Waals surface area (Å²) >= 11 is 10.5. The highest BCUT2D eigenvalue weighted by Gasteiger charge is 2.04. The van der Waals surface area contributed by atoms with Crippen LogP contribution in [-0.4, -0.2) is 9.97 Å². The monoisotopic (exact) mass is 332 g/mol. The number of benzene rings is 1. The van der Waals surface area contributed by atoms with Gasteiger partial charge in [0.25, 0.3) is 0 Å². The van der Waals surface area contributed by atoms with E-state index in [1.165, 1.54) is 23.9 Å². The lowest BCUT2D eigenvalue weighted by Crippen LogP contribution is -1.92. The van der Waals surface area contributed by atoms with Crippen molar-refractivity contribution in [3.05, 3.63) is 51.7 Å². The quantitative estimate of drug-likeness (QED) is 0.618. The smallest absolute Gasteiger partial charge is 0.146 e. The molecule has 2 aromatic rings. The SMILES string of the molecule is Fc1cccc(SCc2ncc(Br)c(Cl)n2)c1. The second-order valence-corrected chi connectivity index (χ2v) is 5.43. The number of rotatable bonds is 3. The van der Waals surface area contributed by atoms with Crippen molar-refractivity contribution in [1.82, 2.24) is 9.97 Å². The second kappa shape index (κ2) is 5.80. The molecular formula is C11H7BrClFN2S. The predicted octanol–water partition coefficient (Wildman–Crippen LogP) is 4.32. The number of aromatic nitrogens is 2. The summed E-state index contributed by atoms with van der Waals surface area (Å²) in [6.45, 7) is 0. The average Bonchev–Trinajstić information content (AvgIpc) is 2.31. The second-order valence-electron chi connectivity index (χ2n) is 3.17. The van der Waals surface area contributed by atoms with Crippen LogP contribution in [-0.2, 0) is 5.75 Å². The lowest BCUT2D eigenvalue weighted by molar-refractivity contribution is 0.624. The fraction of sp³-hybridized carbons (Fsp3) is 0.0909. The molecular weight excluding hydrogens is 327 g/mol. The third-order valence-corrected chi connectivity index (χ3v) is 4.00. The predicted molar refractivity (Wildman–Crippen MR) is 70.7 cm³/mol. The van der Waals surface area contributed by atoms with Crippen LogP contribution in [0.2, 0.25) is 5.15 Å². The Bertz CT molecular complexity index is 539. The van der Waals surface area contributed by atoms with Gasteiger partial charge in [-0.25, -0.2) is 14.4 Å². The van der Waals surface area contributed by atoms with Crippen molar-refractivity contribution in [2.75, 3.05) is 0 Å². The van der Waals surface area contributed by atoms with Gasteiger partial charge in [-0.05, 0) is 34.1 Å². The van der Waals surface area contributed by atoms with Crippen molar-refractivity contribution in [2.45, 2.75) is 10.6 Å². The molecule has 88 valence electrons. The molecule has 0 fully saturated rings. The van der Waals surface area contributed by atoms with Crippen LogP contribution in [0.15, 0.2) is 39.8 Å². The summed E-state index contributed by atoms with van der Waals surface area (Å²) in [7, 11) is 0. The van der Waals surface area contributed by atoms with E-state index in [0.717, 1.165) is 4.90 Å². The van der Waals surface area contributed by atoms with Gasteiger partial charge >= 0.3 is 0 Å². The van der Waals surface area contributed by atoms with Gasteiger partial charge in [-0.15, -0.1) is 11.8 Å². The maximum atomic E-state index is 12.9.